The molecule has 1 saturated heterocycles. The summed E-state index contributed by atoms with van der Waals surface area (Å²) in [5, 5.41) is 2.98. The van der Waals surface area contributed by atoms with E-state index in [9.17, 15) is 4.79 Å². The van der Waals surface area contributed by atoms with Crippen molar-refractivity contribution in [2.75, 3.05) is 11.9 Å². The van der Waals surface area contributed by atoms with Gasteiger partial charge >= 0.3 is 0 Å². The van der Waals surface area contributed by atoms with Gasteiger partial charge in [-0.05, 0) is 25.0 Å². The van der Waals surface area contributed by atoms with Gasteiger partial charge in [0, 0.05) is 5.69 Å². The van der Waals surface area contributed by atoms with Crippen LogP contribution in [-0.2, 0) is 9.53 Å². The van der Waals surface area contributed by atoms with E-state index < -0.39 is 12.0 Å². The van der Waals surface area contributed by atoms with E-state index in [2.05, 4.69) is 10.3 Å². The Labute approximate surface area is 111 Å². The maximum atomic E-state index is 11.0. The van der Waals surface area contributed by atoms with Crippen molar-refractivity contribution >= 4 is 17.6 Å². The second-order valence-electron chi connectivity index (χ2n) is 4.44. The molecule has 19 heavy (non-hydrogen) atoms. The molecule has 6 nitrogen and oxygen atoms in total. The molecule has 6 heteroatoms. The molecule has 1 aromatic carbocycles. The number of hydrogen-bond donors (Lipinski definition) is 3. The van der Waals surface area contributed by atoms with E-state index in [4.69, 9.17) is 16.2 Å². The molecule has 0 radical (unpaired) electrons. The fourth-order valence-corrected chi connectivity index (χ4v) is 1.96. The van der Waals surface area contributed by atoms with Crippen LogP contribution in [0.3, 0.4) is 0 Å². The summed E-state index contributed by atoms with van der Waals surface area (Å²) in [5.74, 6) is -0.0841. The Morgan fingerprint density at radius 2 is 2.05 bits per heavy atom. The number of amides is 1. The van der Waals surface area contributed by atoms with Crippen molar-refractivity contribution in [3.05, 3.63) is 30.3 Å². The zero-order chi connectivity index (χ0) is 13.7. The number of nitrogens with zero attached hydrogens (tertiary/aromatic N) is 1. The molecule has 1 aliphatic rings. The average Bonchev–Trinajstić information content (AvgIpc) is 2.86. The molecule has 2 atom stereocenters. The molecule has 1 aliphatic heterocycles. The lowest BCUT2D eigenvalue weighted by Gasteiger charge is -2.10. The Hall–Kier alpha value is -2.08. The number of aliphatic imine (C=N–C) groups is 1. The number of nitrogens with one attached hydrogen (secondary N) is 1. The molecule has 0 aliphatic carbocycles. The highest BCUT2D eigenvalue weighted by molar-refractivity contribution is 5.92. The minimum atomic E-state index is -0.483. The fraction of sp³-hybridized carbons (Fsp3) is 0.385. The summed E-state index contributed by atoms with van der Waals surface area (Å²) in [6.45, 7) is 0.426. The maximum absolute atomic E-state index is 11.0. The molecule has 1 aromatic rings. The van der Waals surface area contributed by atoms with E-state index in [1.807, 2.05) is 30.3 Å². The molecule has 2 unspecified atom stereocenters. The number of carbonyl (C=O) groups excluding carboxylic acids is 1. The quantitative estimate of drug-likeness (QED) is 0.541. The van der Waals surface area contributed by atoms with Crippen LogP contribution >= 0.6 is 0 Å². The van der Waals surface area contributed by atoms with Crippen molar-refractivity contribution in [3.8, 4) is 0 Å². The van der Waals surface area contributed by atoms with Gasteiger partial charge in [-0.15, -0.1) is 0 Å². The molecule has 1 fully saturated rings. The molecule has 0 bridgehead atoms. The van der Waals surface area contributed by atoms with Crippen LogP contribution in [0.1, 0.15) is 12.8 Å². The molecule has 1 heterocycles. The topological polar surface area (TPSA) is 103 Å². The fourth-order valence-electron chi connectivity index (χ4n) is 1.96. The standard InChI is InChI=1S/C13H18N4O2/c14-12(18)11-7-6-10(19-11)8-16-13(15)17-9-4-2-1-3-5-9/h1-5,10-11H,6-8H2,(H2,14,18)(H3,15,16,17). The second kappa shape index (κ2) is 6.19. The van der Waals surface area contributed by atoms with Gasteiger partial charge in [-0.2, -0.15) is 0 Å². The second-order valence-corrected chi connectivity index (χ2v) is 4.44. The van der Waals surface area contributed by atoms with E-state index >= 15 is 0 Å². The lowest BCUT2D eigenvalue weighted by Crippen LogP contribution is -2.29. The summed E-state index contributed by atoms with van der Waals surface area (Å²) in [4.78, 5) is 15.2. The first-order chi connectivity index (χ1) is 9.15. The summed E-state index contributed by atoms with van der Waals surface area (Å²) in [7, 11) is 0. The number of anilines is 1. The Balaban J connectivity index is 1.81. The Morgan fingerprint density at radius 3 is 2.68 bits per heavy atom. The first kappa shape index (κ1) is 13.4. The summed E-state index contributed by atoms with van der Waals surface area (Å²) in [6, 6.07) is 9.55. The van der Waals surface area contributed by atoms with Crippen molar-refractivity contribution in [3.63, 3.8) is 0 Å². The smallest absolute Gasteiger partial charge is 0.246 e. The normalized spacial score (nSPS) is 23.3. The van der Waals surface area contributed by atoms with Crippen LogP contribution in [0.15, 0.2) is 35.3 Å². The molecule has 0 saturated carbocycles. The minimum Gasteiger partial charge on any atom is -0.370 e. The Kier molecular flexibility index (Phi) is 4.35. The first-order valence-corrected chi connectivity index (χ1v) is 6.22. The number of ether oxygens (including phenoxy) is 1. The number of hydrogen-bond acceptors (Lipinski definition) is 3. The van der Waals surface area contributed by atoms with Crippen molar-refractivity contribution < 1.29 is 9.53 Å². The third kappa shape index (κ3) is 3.96. The van der Waals surface area contributed by atoms with Gasteiger partial charge in [0.2, 0.25) is 5.91 Å². The molecular weight excluding hydrogens is 244 g/mol. The number of benzene rings is 1. The van der Waals surface area contributed by atoms with E-state index in [1.54, 1.807) is 0 Å². The molecule has 102 valence electrons. The highest BCUT2D eigenvalue weighted by Crippen LogP contribution is 2.19. The third-order valence-corrected chi connectivity index (χ3v) is 2.94. The monoisotopic (exact) mass is 262 g/mol. The molecule has 1 amide bonds. The zero-order valence-corrected chi connectivity index (χ0v) is 10.6. The number of primary amides is 1. The van der Waals surface area contributed by atoms with E-state index in [-0.39, 0.29) is 6.10 Å². The summed E-state index contributed by atoms with van der Waals surface area (Å²) < 4.78 is 5.46. The van der Waals surface area contributed by atoms with E-state index in [0.717, 1.165) is 12.1 Å². The number of nitrogens with two attached hydrogens (primary N) is 2. The van der Waals surface area contributed by atoms with Crippen LogP contribution in [0.25, 0.3) is 0 Å². The molecule has 2 rings (SSSR count). The number of carbonyl (C=O) groups is 1. The maximum Gasteiger partial charge on any atom is 0.246 e. The average molecular weight is 262 g/mol. The first-order valence-electron chi connectivity index (χ1n) is 6.22. The van der Waals surface area contributed by atoms with Crippen molar-refractivity contribution in [1.82, 2.24) is 0 Å². The van der Waals surface area contributed by atoms with Gasteiger partial charge in [0.15, 0.2) is 5.96 Å². The molecular formula is C13H18N4O2. The SMILES string of the molecule is NC(=O)C1CCC(CN=C(N)Nc2ccccc2)O1. The van der Waals surface area contributed by atoms with Gasteiger partial charge in [0.25, 0.3) is 0 Å². The minimum absolute atomic E-state index is 0.0892. The van der Waals surface area contributed by atoms with Crippen molar-refractivity contribution in [2.24, 2.45) is 16.5 Å². The van der Waals surface area contributed by atoms with Gasteiger partial charge in [-0.1, -0.05) is 18.2 Å². The lowest BCUT2D eigenvalue weighted by molar-refractivity contribution is -0.128. The predicted octanol–water partition coefficient (Wildman–Crippen LogP) is 0.446. The highest BCUT2D eigenvalue weighted by Gasteiger charge is 2.28. The van der Waals surface area contributed by atoms with Gasteiger partial charge in [0.05, 0.1) is 12.6 Å². The Morgan fingerprint density at radius 1 is 1.32 bits per heavy atom. The van der Waals surface area contributed by atoms with E-state index in [1.165, 1.54) is 0 Å². The van der Waals surface area contributed by atoms with Crippen molar-refractivity contribution in [1.29, 1.82) is 0 Å². The Bertz CT molecular complexity index is 461. The van der Waals surface area contributed by atoms with Gasteiger partial charge in [-0.3, -0.25) is 9.79 Å². The van der Waals surface area contributed by atoms with Gasteiger partial charge in [-0.25, -0.2) is 0 Å². The number of para-hydroxylation sites is 1. The van der Waals surface area contributed by atoms with Crippen LogP contribution in [0.2, 0.25) is 0 Å². The summed E-state index contributed by atoms with van der Waals surface area (Å²) in [6.07, 6.45) is 0.856. The van der Waals surface area contributed by atoms with Crippen LogP contribution in [-0.4, -0.2) is 30.6 Å². The molecule has 0 spiro atoms. The predicted molar refractivity (Wildman–Crippen MR) is 73.6 cm³/mol. The third-order valence-electron chi connectivity index (χ3n) is 2.94. The summed E-state index contributed by atoms with van der Waals surface area (Å²) >= 11 is 0. The van der Waals surface area contributed by atoms with Crippen LogP contribution in [0, 0.1) is 0 Å². The lowest BCUT2D eigenvalue weighted by atomic mass is 10.2. The van der Waals surface area contributed by atoms with E-state index in [0.29, 0.717) is 18.9 Å². The molecule has 0 aromatic heterocycles. The van der Waals surface area contributed by atoms with Crippen LogP contribution < -0.4 is 16.8 Å². The largest absolute Gasteiger partial charge is 0.370 e. The number of guanidine groups is 1. The van der Waals surface area contributed by atoms with Gasteiger partial charge in [0.1, 0.15) is 6.10 Å². The highest BCUT2D eigenvalue weighted by atomic mass is 16.5. The molecule has 5 N–H and O–H groups in total. The van der Waals surface area contributed by atoms with Gasteiger partial charge < -0.3 is 21.5 Å². The zero-order valence-electron chi connectivity index (χ0n) is 10.6. The van der Waals surface area contributed by atoms with Crippen LogP contribution in [0.5, 0.6) is 0 Å². The van der Waals surface area contributed by atoms with Crippen molar-refractivity contribution in [2.45, 2.75) is 25.0 Å². The summed E-state index contributed by atoms with van der Waals surface area (Å²) in [5.41, 5.74) is 11.8. The van der Waals surface area contributed by atoms with Crippen LogP contribution in [0.4, 0.5) is 5.69 Å². The number of rotatable bonds is 4.